The first kappa shape index (κ1) is 15.1. The fraction of sp³-hybridized carbons (Fsp3) is 0.368. The maximum Gasteiger partial charge on any atom is 0.272 e. The molecule has 0 radical (unpaired) electrons. The van der Waals surface area contributed by atoms with Gasteiger partial charge in [-0.15, -0.1) is 0 Å². The molecule has 0 spiro atoms. The van der Waals surface area contributed by atoms with E-state index in [2.05, 4.69) is 24.2 Å². The smallest absolute Gasteiger partial charge is 0.272 e. The number of nitrogens with zero attached hydrogens (tertiary/aromatic N) is 2. The molecule has 2 aliphatic heterocycles. The van der Waals surface area contributed by atoms with Crippen molar-refractivity contribution in [3.63, 3.8) is 0 Å². The SMILES string of the molecule is Cc1ccc(C2=NN(C(=O)[C@@H]3CCCO3)[C@@H](c3ccco3)C2)cc1. The van der Waals surface area contributed by atoms with Crippen molar-refractivity contribution in [3.05, 3.63) is 59.5 Å². The molecule has 5 heteroatoms. The summed E-state index contributed by atoms with van der Waals surface area (Å²) in [6, 6.07) is 11.8. The van der Waals surface area contributed by atoms with Crippen LogP contribution in [-0.4, -0.2) is 29.3 Å². The van der Waals surface area contributed by atoms with Crippen LogP contribution < -0.4 is 0 Å². The summed E-state index contributed by atoms with van der Waals surface area (Å²) in [6.45, 7) is 2.70. The molecule has 1 amide bonds. The van der Waals surface area contributed by atoms with Gasteiger partial charge in [0.2, 0.25) is 0 Å². The third-order valence-corrected chi connectivity index (χ3v) is 4.60. The lowest BCUT2D eigenvalue weighted by atomic mass is 10.0. The van der Waals surface area contributed by atoms with Gasteiger partial charge in [-0.3, -0.25) is 4.79 Å². The van der Waals surface area contributed by atoms with Gasteiger partial charge >= 0.3 is 0 Å². The van der Waals surface area contributed by atoms with Gasteiger partial charge in [0.1, 0.15) is 17.9 Å². The van der Waals surface area contributed by atoms with Gasteiger partial charge in [-0.05, 0) is 37.5 Å². The monoisotopic (exact) mass is 324 g/mol. The summed E-state index contributed by atoms with van der Waals surface area (Å²) in [6.07, 6.45) is 3.58. The van der Waals surface area contributed by atoms with Crippen LogP contribution in [0, 0.1) is 6.92 Å². The molecular formula is C19H20N2O3. The van der Waals surface area contributed by atoms with Crippen LogP contribution >= 0.6 is 0 Å². The largest absolute Gasteiger partial charge is 0.467 e. The molecular weight excluding hydrogens is 304 g/mol. The summed E-state index contributed by atoms with van der Waals surface area (Å²) in [5, 5.41) is 6.19. The molecule has 1 aromatic heterocycles. The predicted molar refractivity (Wildman–Crippen MR) is 89.6 cm³/mol. The number of ether oxygens (including phenoxy) is 1. The Kier molecular flexibility index (Phi) is 3.94. The van der Waals surface area contributed by atoms with Crippen molar-refractivity contribution in [2.24, 2.45) is 5.10 Å². The lowest BCUT2D eigenvalue weighted by molar-refractivity contribution is -0.143. The third kappa shape index (κ3) is 2.76. The summed E-state index contributed by atoms with van der Waals surface area (Å²) < 4.78 is 11.1. The number of furan rings is 1. The van der Waals surface area contributed by atoms with Crippen LogP contribution in [0.25, 0.3) is 0 Å². The molecule has 5 nitrogen and oxygen atoms in total. The molecule has 0 unspecified atom stereocenters. The number of hydrogen-bond donors (Lipinski definition) is 0. The Bertz CT molecular complexity index is 743. The second-order valence-electron chi connectivity index (χ2n) is 6.33. The van der Waals surface area contributed by atoms with Crippen LogP contribution in [0.4, 0.5) is 0 Å². The maximum absolute atomic E-state index is 12.8. The molecule has 0 aliphatic carbocycles. The molecule has 1 saturated heterocycles. The standard InChI is InChI=1S/C19H20N2O3/c1-13-6-8-14(9-7-13)15-12-16(17-4-2-10-23-17)21(20-15)19(22)18-5-3-11-24-18/h2,4,6-10,16,18H,3,5,11-12H2,1H3/t16-,18+/m1/s1. The van der Waals surface area contributed by atoms with Gasteiger partial charge in [0, 0.05) is 13.0 Å². The van der Waals surface area contributed by atoms with Crippen molar-refractivity contribution in [2.45, 2.75) is 38.3 Å². The van der Waals surface area contributed by atoms with E-state index in [0.29, 0.717) is 13.0 Å². The molecule has 3 heterocycles. The first-order valence-corrected chi connectivity index (χ1v) is 8.35. The van der Waals surface area contributed by atoms with Crippen LogP contribution in [0.5, 0.6) is 0 Å². The van der Waals surface area contributed by atoms with Gasteiger partial charge in [0.25, 0.3) is 5.91 Å². The summed E-state index contributed by atoms with van der Waals surface area (Å²) in [4.78, 5) is 12.8. The number of aryl methyl sites for hydroxylation is 1. The molecule has 2 atom stereocenters. The predicted octanol–water partition coefficient (Wildman–Crippen LogP) is 3.44. The zero-order valence-electron chi connectivity index (χ0n) is 13.6. The number of amides is 1. The van der Waals surface area contributed by atoms with Crippen molar-refractivity contribution >= 4 is 11.6 Å². The van der Waals surface area contributed by atoms with Crippen molar-refractivity contribution < 1.29 is 13.9 Å². The second kappa shape index (κ2) is 6.24. The van der Waals surface area contributed by atoms with E-state index < -0.39 is 0 Å². The van der Waals surface area contributed by atoms with Gasteiger partial charge < -0.3 is 9.15 Å². The molecule has 124 valence electrons. The zero-order chi connectivity index (χ0) is 16.5. The number of hydrazone groups is 1. The fourth-order valence-electron chi connectivity index (χ4n) is 3.26. The Morgan fingerprint density at radius 1 is 1.25 bits per heavy atom. The van der Waals surface area contributed by atoms with E-state index in [9.17, 15) is 4.79 Å². The van der Waals surface area contributed by atoms with Gasteiger partial charge in [-0.2, -0.15) is 5.10 Å². The quantitative estimate of drug-likeness (QED) is 0.869. The van der Waals surface area contributed by atoms with Gasteiger partial charge in [-0.1, -0.05) is 29.8 Å². The van der Waals surface area contributed by atoms with E-state index in [4.69, 9.17) is 9.15 Å². The Hall–Kier alpha value is -2.40. The zero-order valence-corrected chi connectivity index (χ0v) is 13.6. The highest BCUT2D eigenvalue weighted by Crippen LogP contribution is 2.34. The summed E-state index contributed by atoms with van der Waals surface area (Å²) in [5.74, 6) is 0.684. The number of rotatable bonds is 3. The van der Waals surface area contributed by atoms with Crippen molar-refractivity contribution in [3.8, 4) is 0 Å². The molecule has 4 rings (SSSR count). The molecule has 0 saturated carbocycles. The Morgan fingerprint density at radius 3 is 2.75 bits per heavy atom. The Balaban J connectivity index is 1.65. The van der Waals surface area contributed by atoms with E-state index in [1.165, 1.54) is 5.56 Å². The first-order chi connectivity index (χ1) is 11.7. The topological polar surface area (TPSA) is 55.0 Å². The molecule has 1 aromatic carbocycles. The summed E-state index contributed by atoms with van der Waals surface area (Å²) >= 11 is 0. The lowest BCUT2D eigenvalue weighted by Crippen LogP contribution is -2.35. The van der Waals surface area contributed by atoms with Crippen LogP contribution in [0.1, 0.15) is 42.2 Å². The minimum Gasteiger partial charge on any atom is -0.467 e. The van der Waals surface area contributed by atoms with E-state index >= 15 is 0 Å². The first-order valence-electron chi connectivity index (χ1n) is 8.35. The molecule has 24 heavy (non-hydrogen) atoms. The summed E-state index contributed by atoms with van der Waals surface area (Å²) in [5.41, 5.74) is 3.15. The maximum atomic E-state index is 12.8. The number of carbonyl (C=O) groups is 1. The van der Waals surface area contributed by atoms with Crippen molar-refractivity contribution in [1.82, 2.24) is 5.01 Å². The molecule has 2 aromatic rings. The van der Waals surface area contributed by atoms with Gasteiger partial charge in [-0.25, -0.2) is 5.01 Å². The van der Waals surface area contributed by atoms with E-state index in [0.717, 1.165) is 29.9 Å². The lowest BCUT2D eigenvalue weighted by Gasteiger charge is -2.22. The minimum atomic E-state index is -0.386. The molecule has 1 fully saturated rings. The highest BCUT2D eigenvalue weighted by molar-refractivity contribution is 6.03. The van der Waals surface area contributed by atoms with Crippen LogP contribution in [0.15, 0.2) is 52.2 Å². The fourth-order valence-corrected chi connectivity index (χ4v) is 3.26. The highest BCUT2D eigenvalue weighted by Gasteiger charge is 2.39. The number of carbonyl (C=O) groups excluding carboxylic acids is 1. The normalized spacial score (nSPS) is 23.5. The van der Waals surface area contributed by atoms with Crippen LogP contribution in [0.2, 0.25) is 0 Å². The molecule has 2 aliphatic rings. The second-order valence-corrected chi connectivity index (χ2v) is 6.33. The molecule has 0 bridgehead atoms. The van der Waals surface area contributed by atoms with Crippen LogP contribution in [0.3, 0.4) is 0 Å². The Labute approximate surface area is 140 Å². The number of hydrogen-bond acceptors (Lipinski definition) is 4. The minimum absolute atomic E-state index is 0.0731. The van der Waals surface area contributed by atoms with Gasteiger partial charge in [0.15, 0.2) is 0 Å². The average Bonchev–Trinajstić information content (AvgIpc) is 3.34. The molecule has 0 N–H and O–H groups in total. The van der Waals surface area contributed by atoms with Crippen molar-refractivity contribution in [1.29, 1.82) is 0 Å². The van der Waals surface area contributed by atoms with Crippen LogP contribution in [-0.2, 0) is 9.53 Å². The van der Waals surface area contributed by atoms with E-state index in [1.807, 2.05) is 24.3 Å². The summed E-state index contributed by atoms with van der Waals surface area (Å²) in [7, 11) is 0. The highest BCUT2D eigenvalue weighted by atomic mass is 16.5. The van der Waals surface area contributed by atoms with E-state index in [-0.39, 0.29) is 18.1 Å². The average molecular weight is 324 g/mol. The van der Waals surface area contributed by atoms with Crippen molar-refractivity contribution in [2.75, 3.05) is 6.61 Å². The third-order valence-electron chi connectivity index (χ3n) is 4.60. The number of benzene rings is 1. The Morgan fingerprint density at radius 2 is 2.08 bits per heavy atom. The van der Waals surface area contributed by atoms with Gasteiger partial charge in [0.05, 0.1) is 12.0 Å². The van der Waals surface area contributed by atoms with E-state index in [1.54, 1.807) is 11.3 Å².